The first-order chi connectivity index (χ1) is 6.92. The molecular weight excluding hydrogens is 172 g/mol. The van der Waals surface area contributed by atoms with Crippen molar-refractivity contribution in [3.8, 4) is 0 Å². The van der Waals surface area contributed by atoms with Crippen LogP contribution in [0.5, 0.6) is 0 Å². The summed E-state index contributed by atoms with van der Waals surface area (Å²) in [5, 5.41) is 4.59. The molecule has 2 rings (SSSR count). The zero-order valence-electron chi connectivity index (χ0n) is 8.33. The van der Waals surface area contributed by atoms with Crippen LogP contribution in [0.1, 0.15) is 13.3 Å². The highest BCUT2D eigenvalue weighted by molar-refractivity contribution is 5.91. The van der Waals surface area contributed by atoms with Crippen LogP contribution in [-0.2, 0) is 0 Å². The van der Waals surface area contributed by atoms with E-state index < -0.39 is 0 Å². The van der Waals surface area contributed by atoms with Crippen molar-refractivity contribution in [2.45, 2.75) is 13.3 Å². The molecule has 0 amide bonds. The maximum atomic E-state index is 4.31. The molecule has 0 radical (unpaired) electrons. The average molecular weight is 186 g/mol. The van der Waals surface area contributed by atoms with Crippen LogP contribution >= 0.6 is 0 Å². The number of hydrogen-bond donors (Lipinski definition) is 1. The van der Waals surface area contributed by atoms with Gasteiger partial charge in [0, 0.05) is 23.8 Å². The third-order valence-corrected chi connectivity index (χ3v) is 2.21. The van der Waals surface area contributed by atoms with Crippen molar-refractivity contribution in [1.29, 1.82) is 0 Å². The zero-order chi connectivity index (χ0) is 9.80. The molecule has 1 aromatic heterocycles. The Kier molecular flexibility index (Phi) is 2.63. The highest BCUT2D eigenvalue weighted by atomic mass is 14.9. The highest BCUT2D eigenvalue weighted by Gasteiger charge is 1.98. The Morgan fingerprint density at radius 3 is 3.00 bits per heavy atom. The summed E-state index contributed by atoms with van der Waals surface area (Å²) < 4.78 is 0. The summed E-state index contributed by atoms with van der Waals surface area (Å²) in [6.07, 6.45) is 2.96. The summed E-state index contributed by atoms with van der Waals surface area (Å²) in [4.78, 5) is 4.31. The van der Waals surface area contributed by atoms with Gasteiger partial charge in [0.15, 0.2) is 0 Å². The predicted octanol–water partition coefficient (Wildman–Crippen LogP) is 3.06. The molecule has 1 N–H and O–H groups in total. The number of rotatable bonds is 3. The maximum Gasteiger partial charge on any atom is 0.0722 e. The first-order valence-electron chi connectivity index (χ1n) is 4.99. The number of hydrogen-bond acceptors (Lipinski definition) is 2. The number of benzene rings is 1. The van der Waals surface area contributed by atoms with Crippen molar-refractivity contribution in [3.05, 3.63) is 36.5 Å². The Labute approximate surface area is 84.0 Å². The van der Waals surface area contributed by atoms with E-state index in [9.17, 15) is 0 Å². The van der Waals surface area contributed by atoms with Crippen LogP contribution < -0.4 is 5.32 Å². The van der Waals surface area contributed by atoms with Gasteiger partial charge < -0.3 is 5.32 Å². The minimum absolute atomic E-state index is 1.01. The molecule has 0 atom stereocenters. The lowest BCUT2D eigenvalue weighted by molar-refractivity contribution is 0.981. The van der Waals surface area contributed by atoms with Gasteiger partial charge in [0.2, 0.25) is 0 Å². The molecule has 0 aliphatic heterocycles. The number of nitrogens with zero attached hydrogens (tertiary/aromatic N) is 1. The topological polar surface area (TPSA) is 24.9 Å². The molecule has 1 heterocycles. The SMILES string of the molecule is CCCNc1cccc2ncccc12. The monoisotopic (exact) mass is 186 g/mol. The Morgan fingerprint density at radius 2 is 2.14 bits per heavy atom. The quantitative estimate of drug-likeness (QED) is 0.796. The van der Waals surface area contributed by atoms with Crippen molar-refractivity contribution in [1.82, 2.24) is 4.98 Å². The molecule has 0 unspecified atom stereocenters. The van der Waals surface area contributed by atoms with Crippen molar-refractivity contribution in [3.63, 3.8) is 0 Å². The fourth-order valence-electron chi connectivity index (χ4n) is 1.52. The molecular formula is C12H14N2. The third-order valence-electron chi connectivity index (χ3n) is 2.21. The third kappa shape index (κ3) is 1.69. The maximum absolute atomic E-state index is 4.31. The van der Waals surface area contributed by atoms with Crippen LogP contribution in [0.2, 0.25) is 0 Å². The van der Waals surface area contributed by atoms with E-state index in [0.29, 0.717) is 0 Å². The normalized spacial score (nSPS) is 10.4. The predicted molar refractivity (Wildman–Crippen MR) is 60.5 cm³/mol. The number of fused-ring (bicyclic) bond motifs is 1. The van der Waals surface area contributed by atoms with Crippen molar-refractivity contribution < 1.29 is 0 Å². The Balaban J connectivity index is 2.43. The summed E-state index contributed by atoms with van der Waals surface area (Å²) in [6, 6.07) is 10.2. The van der Waals surface area contributed by atoms with E-state index >= 15 is 0 Å². The minimum Gasteiger partial charge on any atom is -0.385 e. The lowest BCUT2D eigenvalue weighted by Gasteiger charge is -2.07. The van der Waals surface area contributed by atoms with Gasteiger partial charge in [0.05, 0.1) is 5.52 Å². The highest BCUT2D eigenvalue weighted by Crippen LogP contribution is 2.20. The number of nitrogens with one attached hydrogen (secondary N) is 1. The summed E-state index contributed by atoms with van der Waals surface area (Å²) in [5.41, 5.74) is 2.23. The van der Waals surface area contributed by atoms with E-state index in [-0.39, 0.29) is 0 Å². The molecule has 1 aromatic carbocycles. The Bertz CT molecular complexity index is 418. The second-order valence-corrected chi connectivity index (χ2v) is 3.30. The lowest BCUT2D eigenvalue weighted by Crippen LogP contribution is -2.00. The first kappa shape index (κ1) is 9.00. The summed E-state index contributed by atoms with van der Waals surface area (Å²) in [6.45, 7) is 3.17. The van der Waals surface area contributed by atoms with Gasteiger partial charge in [0.25, 0.3) is 0 Å². The smallest absolute Gasteiger partial charge is 0.0722 e. The first-order valence-corrected chi connectivity index (χ1v) is 4.99. The molecule has 0 spiro atoms. The van der Waals surface area contributed by atoms with E-state index in [4.69, 9.17) is 0 Å². The van der Waals surface area contributed by atoms with Crippen LogP contribution in [0.15, 0.2) is 36.5 Å². The van der Waals surface area contributed by atoms with Crippen LogP contribution in [-0.4, -0.2) is 11.5 Å². The van der Waals surface area contributed by atoms with Crippen molar-refractivity contribution in [2.75, 3.05) is 11.9 Å². The van der Waals surface area contributed by atoms with Gasteiger partial charge >= 0.3 is 0 Å². The summed E-state index contributed by atoms with van der Waals surface area (Å²) >= 11 is 0. The molecule has 2 aromatic rings. The average Bonchev–Trinajstić information content (AvgIpc) is 2.26. The van der Waals surface area contributed by atoms with Gasteiger partial charge in [-0.3, -0.25) is 4.98 Å². The molecule has 0 saturated heterocycles. The van der Waals surface area contributed by atoms with E-state index in [1.165, 1.54) is 11.1 Å². The van der Waals surface area contributed by atoms with Crippen LogP contribution in [0, 0.1) is 0 Å². The fourth-order valence-corrected chi connectivity index (χ4v) is 1.52. The van der Waals surface area contributed by atoms with Gasteiger partial charge in [-0.15, -0.1) is 0 Å². The molecule has 0 saturated carbocycles. The van der Waals surface area contributed by atoms with Gasteiger partial charge in [-0.25, -0.2) is 0 Å². The van der Waals surface area contributed by atoms with Gasteiger partial charge in [-0.1, -0.05) is 13.0 Å². The van der Waals surface area contributed by atoms with Crippen molar-refractivity contribution >= 4 is 16.6 Å². The molecule has 72 valence electrons. The zero-order valence-corrected chi connectivity index (χ0v) is 8.33. The van der Waals surface area contributed by atoms with E-state index in [0.717, 1.165) is 18.5 Å². The largest absolute Gasteiger partial charge is 0.385 e. The van der Waals surface area contributed by atoms with Gasteiger partial charge in [-0.05, 0) is 30.7 Å². The standard InChI is InChI=1S/C12H14N2/c1-2-8-13-11-6-3-7-12-10(11)5-4-9-14-12/h3-7,9,13H,2,8H2,1H3. The number of pyridine rings is 1. The molecule has 0 aliphatic rings. The van der Waals surface area contributed by atoms with Crippen LogP contribution in [0.25, 0.3) is 10.9 Å². The van der Waals surface area contributed by atoms with Crippen molar-refractivity contribution in [2.24, 2.45) is 0 Å². The Morgan fingerprint density at radius 1 is 1.21 bits per heavy atom. The number of aromatic nitrogens is 1. The lowest BCUT2D eigenvalue weighted by atomic mass is 10.2. The number of anilines is 1. The van der Waals surface area contributed by atoms with Crippen LogP contribution in [0.3, 0.4) is 0 Å². The second-order valence-electron chi connectivity index (χ2n) is 3.30. The van der Waals surface area contributed by atoms with Gasteiger partial charge in [-0.2, -0.15) is 0 Å². The van der Waals surface area contributed by atoms with E-state index in [1.54, 1.807) is 0 Å². The summed E-state index contributed by atoms with van der Waals surface area (Å²) in [5.74, 6) is 0. The Hall–Kier alpha value is -1.57. The second kappa shape index (κ2) is 4.09. The molecule has 2 nitrogen and oxygen atoms in total. The fraction of sp³-hybridized carbons (Fsp3) is 0.250. The van der Waals surface area contributed by atoms with E-state index in [1.807, 2.05) is 24.4 Å². The molecule has 0 bridgehead atoms. The van der Waals surface area contributed by atoms with Gasteiger partial charge in [0.1, 0.15) is 0 Å². The van der Waals surface area contributed by atoms with Crippen LogP contribution in [0.4, 0.5) is 5.69 Å². The molecule has 0 aliphatic carbocycles. The summed E-state index contributed by atoms with van der Waals surface area (Å²) in [7, 11) is 0. The van der Waals surface area contributed by atoms with E-state index in [2.05, 4.69) is 29.4 Å². The molecule has 14 heavy (non-hydrogen) atoms. The minimum atomic E-state index is 1.01. The molecule has 0 fully saturated rings. The molecule has 2 heteroatoms.